The van der Waals surface area contributed by atoms with Gasteiger partial charge in [0.05, 0.1) is 6.10 Å². The molecular weight excluding hydrogens is 186 g/mol. The highest BCUT2D eigenvalue weighted by molar-refractivity contribution is 4.82. The highest BCUT2D eigenvalue weighted by Gasteiger charge is 2.23. The molecule has 0 heterocycles. The van der Waals surface area contributed by atoms with Gasteiger partial charge in [-0.3, -0.25) is 0 Å². The standard InChI is InChI=1S/C13H27NO/c1-2-3-4-5-6-7-11-14-12-9-8-10-13(12)15/h12-15H,2-11H2,1H3/t12-,13-/m0/s1. The molecule has 1 aliphatic carbocycles. The molecule has 1 aliphatic rings. The second kappa shape index (κ2) is 8.12. The Kier molecular flexibility index (Phi) is 7.03. The molecule has 0 saturated heterocycles. The van der Waals surface area contributed by atoms with E-state index in [0.29, 0.717) is 6.04 Å². The van der Waals surface area contributed by atoms with Crippen molar-refractivity contribution in [3.63, 3.8) is 0 Å². The normalized spacial score (nSPS) is 26.0. The first-order valence-corrected chi connectivity index (χ1v) is 6.76. The predicted molar refractivity (Wildman–Crippen MR) is 65.0 cm³/mol. The fraction of sp³-hybridized carbons (Fsp3) is 1.00. The molecule has 0 aromatic heterocycles. The Bertz CT molecular complexity index is 149. The monoisotopic (exact) mass is 213 g/mol. The van der Waals surface area contributed by atoms with Crippen molar-refractivity contribution in [3.8, 4) is 0 Å². The Morgan fingerprint density at radius 2 is 1.80 bits per heavy atom. The zero-order chi connectivity index (χ0) is 10.9. The molecule has 0 unspecified atom stereocenters. The SMILES string of the molecule is CCCCCCCCN[C@H]1CCC[C@@H]1O. The maximum atomic E-state index is 9.60. The predicted octanol–water partition coefficient (Wildman–Crippen LogP) is 2.85. The Balaban J connectivity index is 1.84. The fourth-order valence-electron chi connectivity index (χ4n) is 2.37. The summed E-state index contributed by atoms with van der Waals surface area (Å²) < 4.78 is 0. The molecule has 2 N–H and O–H groups in total. The van der Waals surface area contributed by atoms with Gasteiger partial charge in [0.2, 0.25) is 0 Å². The van der Waals surface area contributed by atoms with E-state index in [1.54, 1.807) is 0 Å². The van der Waals surface area contributed by atoms with Crippen molar-refractivity contribution in [2.75, 3.05) is 6.54 Å². The summed E-state index contributed by atoms with van der Waals surface area (Å²) in [5, 5.41) is 13.1. The molecule has 1 fully saturated rings. The van der Waals surface area contributed by atoms with Gasteiger partial charge < -0.3 is 10.4 Å². The summed E-state index contributed by atoms with van der Waals surface area (Å²) in [5.74, 6) is 0. The molecule has 0 aliphatic heterocycles. The van der Waals surface area contributed by atoms with Crippen LogP contribution in [0.25, 0.3) is 0 Å². The Morgan fingerprint density at radius 3 is 2.47 bits per heavy atom. The van der Waals surface area contributed by atoms with Gasteiger partial charge in [-0.25, -0.2) is 0 Å². The molecule has 0 amide bonds. The van der Waals surface area contributed by atoms with E-state index in [-0.39, 0.29) is 6.10 Å². The van der Waals surface area contributed by atoms with Gasteiger partial charge in [-0.1, -0.05) is 39.0 Å². The number of aliphatic hydroxyl groups is 1. The first-order chi connectivity index (χ1) is 7.34. The van der Waals surface area contributed by atoms with Gasteiger partial charge in [-0.05, 0) is 32.2 Å². The zero-order valence-electron chi connectivity index (χ0n) is 10.2. The molecule has 2 atom stereocenters. The highest BCUT2D eigenvalue weighted by Crippen LogP contribution is 2.18. The van der Waals surface area contributed by atoms with Crippen LogP contribution in [0.1, 0.15) is 64.7 Å². The summed E-state index contributed by atoms with van der Waals surface area (Å²) in [4.78, 5) is 0. The molecule has 1 saturated carbocycles. The van der Waals surface area contributed by atoms with Crippen LogP contribution in [0.5, 0.6) is 0 Å². The van der Waals surface area contributed by atoms with E-state index in [1.165, 1.54) is 44.9 Å². The highest BCUT2D eigenvalue weighted by atomic mass is 16.3. The number of hydrogen-bond donors (Lipinski definition) is 2. The van der Waals surface area contributed by atoms with Gasteiger partial charge in [0.25, 0.3) is 0 Å². The van der Waals surface area contributed by atoms with E-state index in [2.05, 4.69) is 12.2 Å². The minimum atomic E-state index is -0.0786. The van der Waals surface area contributed by atoms with Crippen LogP contribution in [0.15, 0.2) is 0 Å². The third-order valence-corrected chi connectivity index (χ3v) is 3.42. The van der Waals surface area contributed by atoms with Gasteiger partial charge in [0.15, 0.2) is 0 Å². The molecule has 90 valence electrons. The Labute approximate surface area is 94.5 Å². The van der Waals surface area contributed by atoms with Gasteiger partial charge in [0.1, 0.15) is 0 Å². The molecule has 2 heteroatoms. The van der Waals surface area contributed by atoms with E-state index in [4.69, 9.17) is 0 Å². The second-order valence-corrected chi connectivity index (χ2v) is 4.83. The van der Waals surface area contributed by atoms with Crippen molar-refractivity contribution in [1.29, 1.82) is 0 Å². The van der Waals surface area contributed by atoms with Crippen LogP contribution >= 0.6 is 0 Å². The average Bonchev–Trinajstić information content (AvgIpc) is 2.63. The molecule has 2 nitrogen and oxygen atoms in total. The smallest absolute Gasteiger partial charge is 0.0693 e. The summed E-state index contributed by atoms with van der Waals surface area (Å²) in [5.41, 5.74) is 0. The van der Waals surface area contributed by atoms with Crippen LogP contribution in [0.2, 0.25) is 0 Å². The van der Waals surface area contributed by atoms with Crippen LogP contribution in [0, 0.1) is 0 Å². The van der Waals surface area contributed by atoms with Gasteiger partial charge in [0, 0.05) is 6.04 Å². The summed E-state index contributed by atoms with van der Waals surface area (Å²) in [6.45, 7) is 3.34. The summed E-state index contributed by atoms with van der Waals surface area (Å²) in [7, 11) is 0. The van der Waals surface area contributed by atoms with Crippen molar-refractivity contribution < 1.29 is 5.11 Å². The number of unbranched alkanes of at least 4 members (excludes halogenated alkanes) is 5. The van der Waals surface area contributed by atoms with E-state index in [0.717, 1.165) is 19.4 Å². The molecule has 0 aromatic carbocycles. The topological polar surface area (TPSA) is 32.3 Å². The fourth-order valence-corrected chi connectivity index (χ4v) is 2.37. The lowest BCUT2D eigenvalue weighted by atomic mass is 10.1. The van der Waals surface area contributed by atoms with E-state index in [9.17, 15) is 5.11 Å². The average molecular weight is 213 g/mol. The lowest BCUT2D eigenvalue weighted by Gasteiger charge is -2.16. The summed E-state index contributed by atoms with van der Waals surface area (Å²) in [6, 6.07) is 0.389. The van der Waals surface area contributed by atoms with E-state index in [1.807, 2.05) is 0 Å². The third-order valence-electron chi connectivity index (χ3n) is 3.42. The summed E-state index contributed by atoms with van der Waals surface area (Å²) in [6.07, 6.45) is 11.4. The van der Waals surface area contributed by atoms with Crippen molar-refractivity contribution in [1.82, 2.24) is 5.32 Å². The number of nitrogens with one attached hydrogen (secondary N) is 1. The first-order valence-electron chi connectivity index (χ1n) is 6.76. The Morgan fingerprint density at radius 1 is 1.07 bits per heavy atom. The molecule has 0 aromatic rings. The number of hydrogen-bond acceptors (Lipinski definition) is 2. The second-order valence-electron chi connectivity index (χ2n) is 4.83. The van der Waals surface area contributed by atoms with Crippen LogP contribution < -0.4 is 5.32 Å². The maximum absolute atomic E-state index is 9.60. The maximum Gasteiger partial charge on any atom is 0.0693 e. The van der Waals surface area contributed by atoms with Gasteiger partial charge >= 0.3 is 0 Å². The lowest BCUT2D eigenvalue weighted by molar-refractivity contribution is 0.149. The first kappa shape index (κ1) is 13.0. The van der Waals surface area contributed by atoms with Crippen molar-refractivity contribution in [2.24, 2.45) is 0 Å². The van der Waals surface area contributed by atoms with Crippen molar-refractivity contribution >= 4 is 0 Å². The summed E-state index contributed by atoms with van der Waals surface area (Å²) >= 11 is 0. The van der Waals surface area contributed by atoms with Gasteiger partial charge in [-0.15, -0.1) is 0 Å². The largest absolute Gasteiger partial charge is 0.392 e. The van der Waals surface area contributed by atoms with E-state index < -0.39 is 0 Å². The molecule has 0 spiro atoms. The van der Waals surface area contributed by atoms with Crippen LogP contribution in [0.4, 0.5) is 0 Å². The number of rotatable bonds is 8. The van der Waals surface area contributed by atoms with Crippen LogP contribution in [0.3, 0.4) is 0 Å². The minimum Gasteiger partial charge on any atom is -0.392 e. The van der Waals surface area contributed by atoms with Crippen molar-refractivity contribution in [3.05, 3.63) is 0 Å². The molecule has 1 rings (SSSR count). The molecular formula is C13H27NO. The zero-order valence-corrected chi connectivity index (χ0v) is 10.2. The quantitative estimate of drug-likeness (QED) is 0.608. The minimum absolute atomic E-state index is 0.0786. The Hall–Kier alpha value is -0.0800. The molecule has 0 radical (unpaired) electrons. The molecule has 0 bridgehead atoms. The van der Waals surface area contributed by atoms with Crippen molar-refractivity contribution in [2.45, 2.75) is 76.9 Å². The lowest BCUT2D eigenvalue weighted by Crippen LogP contribution is -2.36. The third kappa shape index (κ3) is 5.53. The number of aliphatic hydroxyl groups excluding tert-OH is 1. The van der Waals surface area contributed by atoms with Crippen LogP contribution in [-0.2, 0) is 0 Å². The van der Waals surface area contributed by atoms with Gasteiger partial charge in [-0.2, -0.15) is 0 Å². The van der Waals surface area contributed by atoms with E-state index >= 15 is 0 Å². The molecule has 15 heavy (non-hydrogen) atoms. The van der Waals surface area contributed by atoms with Crippen LogP contribution in [-0.4, -0.2) is 23.8 Å².